The van der Waals surface area contributed by atoms with Crippen LogP contribution in [0, 0.1) is 0 Å². The molecule has 4 nitrogen and oxygen atoms in total. The van der Waals surface area contributed by atoms with E-state index in [1.807, 2.05) is 0 Å². The molecular formula is C11H17NO3. The molecule has 0 bridgehead atoms. The molecule has 0 spiro atoms. The van der Waals surface area contributed by atoms with Gasteiger partial charge in [-0.3, -0.25) is 4.79 Å². The number of hydrogen-bond donors (Lipinski definition) is 0. The van der Waals surface area contributed by atoms with Crippen LogP contribution >= 0.6 is 0 Å². The fraction of sp³-hybridized carbons (Fsp3) is 0.455. The van der Waals surface area contributed by atoms with Crippen LogP contribution in [0.25, 0.3) is 0 Å². The highest BCUT2D eigenvalue weighted by molar-refractivity contribution is 6.11. The molecule has 0 aliphatic carbocycles. The van der Waals surface area contributed by atoms with E-state index in [1.54, 1.807) is 21.1 Å². The minimum absolute atomic E-state index is 0.0175. The van der Waals surface area contributed by atoms with Crippen molar-refractivity contribution < 1.29 is 19.2 Å². The van der Waals surface area contributed by atoms with Gasteiger partial charge in [0.2, 0.25) is 11.3 Å². The van der Waals surface area contributed by atoms with Gasteiger partial charge in [-0.15, -0.1) is 6.58 Å². The zero-order valence-corrected chi connectivity index (χ0v) is 9.45. The van der Waals surface area contributed by atoms with E-state index in [4.69, 9.17) is 0 Å². The van der Waals surface area contributed by atoms with Crippen molar-refractivity contribution in [3.05, 3.63) is 25.3 Å². The third kappa shape index (κ3) is 2.15. The summed E-state index contributed by atoms with van der Waals surface area (Å²) in [5.41, 5.74) is -1.64. The first-order valence-corrected chi connectivity index (χ1v) is 4.54. The minimum Gasteiger partial charge on any atom is -0.543 e. The van der Waals surface area contributed by atoms with E-state index in [0.717, 1.165) is 6.08 Å². The highest BCUT2D eigenvalue weighted by atomic mass is 16.4. The number of hydrogen-bond acceptors (Lipinski definition) is 3. The molecule has 15 heavy (non-hydrogen) atoms. The summed E-state index contributed by atoms with van der Waals surface area (Å²) in [7, 11) is 4.88. The Bertz CT molecular complexity index is 301. The Kier molecular flexibility index (Phi) is 3.98. The lowest BCUT2D eigenvalue weighted by molar-refractivity contribution is -0.905. The number of nitrogens with zero attached hydrogens (tertiary/aromatic N) is 1. The second-order valence-corrected chi connectivity index (χ2v) is 4.22. The number of rotatable bonds is 6. The predicted molar refractivity (Wildman–Crippen MR) is 55.8 cm³/mol. The van der Waals surface area contributed by atoms with Crippen LogP contribution in [-0.2, 0) is 9.59 Å². The van der Waals surface area contributed by atoms with Crippen molar-refractivity contribution in [3.63, 3.8) is 0 Å². The van der Waals surface area contributed by atoms with Gasteiger partial charge in [0, 0.05) is 6.42 Å². The quantitative estimate of drug-likeness (QED) is 0.258. The van der Waals surface area contributed by atoms with Crippen molar-refractivity contribution >= 4 is 11.8 Å². The maximum atomic E-state index is 11.7. The Morgan fingerprint density at radius 1 is 1.33 bits per heavy atom. The van der Waals surface area contributed by atoms with Crippen LogP contribution in [-0.4, -0.2) is 42.9 Å². The maximum Gasteiger partial charge on any atom is 0.221 e. The molecule has 0 aromatic carbocycles. The smallest absolute Gasteiger partial charge is 0.221 e. The second kappa shape index (κ2) is 4.40. The largest absolute Gasteiger partial charge is 0.543 e. The molecule has 0 aromatic heterocycles. The van der Waals surface area contributed by atoms with Gasteiger partial charge in [0.05, 0.1) is 21.1 Å². The van der Waals surface area contributed by atoms with Crippen LogP contribution in [0.5, 0.6) is 0 Å². The van der Waals surface area contributed by atoms with E-state index in [1.165, 1.54) is 6.08 Å². The molecule has 0 saturated heterocycles. The lowest BCUT2D eigenvalue weighted by Gasteiger charge is -2.44. The van der Waals surface area contributed by atoms with Crippen LogP contribution < -0.4 is 5.11 Å². The number of carboxylic acid groups (broad SMARTS) is 1. The molecule has 1 atom stereocenters. The normalized spacial score (nSPS) is 15.1. The maximum absolute atomic E-state index is 11.7. The Morgan fingerprint density at radius 3 is 2.00 bits per heavy atom. The summed E-state index contributed by atoms with van der Waals surface area (Å²) >= 11 is 0. The van der Waals surface area contributed by atoms with Crippen LogP contribution in [0.2, 0.25) is 0 Å². The molecule has 0 heterocycles. The van der Waals surface area contributed by atoms with E-state index < -0.39 is 17.3 Å². The van der Waals surface area contributed by atoms with Crippen LogP contribution in [0.15, 0.2) is 25.3 Å². The van der Waals surface area contributed by atoms with Gasteiger partial charge in [0.25, 0.3) is 0 Å². The lowest BCUT2D eigenvalue weighted by atomic mass is 9.86. The van der Waals surface area contributed by atoms with E-state index in [-0.39, 0.29) is 10.9 Å². The average molecular weight is 211 g/mol. The summed E-state index contributed by atoms with van der Waals surface area (Å²) in [6.45, 7) is 6.79. The zero-order chi connectivity index (χ0) is 12.3. The van der Waals surface area contributed by atoms with Gasteiger partial charge in [-0.05, 0) is 6.08 Å². The Labute approximate surface area is 90.1 Å². The number of carboxylic acids is 1. The molecule has 0 saturated carbocycles. The molecule has 0 N–H and O–H groups in total. The van der Waals surface area contributed by atoms with Gasteiger partial charge in [-0.2, -0.15) is 0 Å². The molecule has 4 heteroatoms. The number of ketones is 1. The molecule has 0 aliphatic heterocycles. The first-order valence-electron chi connectivity index (χ1n) is 4.54. The van der Waals surface area contributed by atoms with E-state index in [9.17, 15) is 14.7 Å². The van der Waals surface area contributed by atoms with E-state index in [2.05, 4.69) is 13.2 Å². The van der Waals surface area contributed by atoms with Gasteiger partial charge in [0.15, 0.2) is 0 Å². The van der Waals surface area contributed by atoms with E-state index >= 15 is 0 Å². The molecule has 0 fully saturated rings. The minimum atomic E-state index is -1.64. The Hall–Kier alpha value is -1.42. The van der Waals surface area contributed by atoms with E-state index in [0.29, 0.717) is 0 Å². The molecule has 0 aromatic rings. The van der Waals surface area contributed by atoms with Crippen LogP contribution in [0.3, 0.4) is 0 Å². The molecule has 0 aliphatic rings. The summed E-state index contributed by atoms with van der Waals surface area (Å²) in [5.74, 6) is -1.96. The molecule has 0 amide bonds. The van der Waals surface area contributed by atoms with Gasteiger partial charge >= 0.3 is 0 Å². The molecule has 1 unspecified atom stereocenters. The van der Waals surface area contributed by atoms with Gasteiger partial charge in [-0.1, -0.05) is 12.7 Å². The topological polar surface area (TPSA) is 57.2 Å². The summed E-state index contributed by atoms with van der Waals surface area (Å²) < 4.78 is -0.0633. The lowest BCUT2D eigenvalue weighted by Crippen LogP contribution is -2.69. The SMILES string of the molecule is C=CCC(C(=O)[O-])(C(=O)C=C)[N+](C)(C)C. The van der Waals surface area contributed by atoms with Crippen molar-refractivity contribution in [2.24, 2.45) is 0 Å². The standard InChI is InChI=1S/C11H17NO3/c1-6-8-11(10(14)15,9(13)7-2)12(3,4)5/h6-7H,1-2,8H2,3-5H3. The number of likely N-dealkylation sites (N-methyl/N-ethyl adjacent to an activating group) is 1. The van der Waals surface area contributed by atoms with Crippen molar-refractivity contribution in [2.75, 3.05) is 21.1 Å². The fourth-order valence-corrected chi connectivity index (χ4v) is 1.54. The zero-order valence-electron chi connectivity index (χ0n) is 9.45. The third-order valence-corrected chi connectivity index (χ3v) is 2.52. The Morgan fingerprint density at radius 2 is 1.80 bits per heavy atom. The van der Waals surface area contributed by atoms with Gasteiger partial charge in [0.1, 0.15) is 5.97 Å². The van der Waals surface area contributed by atoms with Crippen molar-refractivity contribution in [2.45, 2.75) is 12.0 Å². The van der Waals surface area contributed by atoms with Gasteiger partial charge < -0.3 is 14.4 Å². The third-order valence-electron chi connectivity index (χ3n) is 2.52. The Balaban J connectivity index is 5.68. The molecule has 0 rings (SSSR count). The highest BCUT2D eigenvalue weighted by Gasteiger charge is 2.49. The van der Waals surface area contributed by atoms with Crippen LogP contribution in [0.1, 0.15) is 6.42 Å². The monoisotopic (exact) mass is 211 g/mol. The number of aliphatic carboxylic acids is 1. The predicted octanol–water partition coefficient (Wildman–Crippen LogP) is -0.487. The summed E-state index contributed by atoms with van der Waals surface area (Å²) in [6, 6.07) is 0. The summed E-state index contributed by atoms with van der Waals surface area (Å²) in [4.78, 5) is 22.9. The van der Waals surface area contributed by atoms with Crippen LogP contribution in [0.4, 0.5) is 0 Å². The first kappa shape index (κ1) is 13.6. The molecule has 84 valence electrons. The first-order chi connectivity index (χ1) is 6.74. The number of carbonyl (C=O) groups excluding carboxylic acids is 2. The summed E-state index contributed by atoms with van der Waals surface area (Å²) in [5, 5.41) is 11.2. The number of quaternary nitrogens is 1. The van der Waals surface area contributed by atoms with Gasteiger partial charge in [-0.25, -0.2) is 0 Å². The highest BCUT2D eigenvalue weighted by Crippen LogP contribution is 2.25. The molecule has 0 radical (unpaired) electrons. The second-order valence-electron chi connectivity index (χ2n) is 4.22. The van der Waals surface area contributed by atoms with Crippen molar-refractivity contribution in [1.29, 1.82) is 0 Å². The van der Waals surface area contributed by atoms with Crippen molar-refractivity contribution in [1.82, 2.24) is 0 Å². The van der Waals surface area contributed by atoms with Crippen molar-refractivity contribution in [3.8, 4) is 0 Å². The number of carbonyl (C=O) groups is 2. The average Bonchev–Trinajstić information content (AvgIpc) is 2.10. The molecular weight excluding hydrogens is 194 g/mol. The summed E-state index contributed by atoms with van der Waals surface area (Å²) in [6.07, 6.45) is 2.44. The fourth-order valence-electron chi connectivity index (χ4n) is 1.54.